The largest absolute Gasteiger partial charge is 0.0654 e. The Morgan fingerprint density at radius 2 is 1.25 bits per heavy atom. The van der Waals surface area contributed by atoms with Crippen molar-refractivity contribution in [2.75, 3.05) is 0 Å². The molecule has 0 N–H and O–H groups in total. The highest BCUT2D eigenvalue weighted by Crippen LogP contribution is 2.24. The minimum absolute atomic E-state index is 0.937. The monoisotopic (exact) mass is 228 g/mol. The highest BCUT2D eigenvalue weighted by molar-refractivity contribution is 4.63. The summed E-state index contributed by atoms with van der Waals surface area (Å²) in [7, 11) is 0. The summed E-state index contributed by atoms with van der Waals surface area (Å²) < 4.78 is 0. The first-order valence-corrected chi connectivity index (χ1v) is 7.67. The molecule has 0 aliphatic carbocycles. The van der Waals surface area contributed by atoms with Gasteiger partial charge in [0.1, 0.15) is 0 Å². The molecule has 0 radical (unpaired) electrons. The van der Waals surface area contributed by atoms with Gasteiger partial charge in [-0.25, -0.2) is 0 Å². The Morgan fingerprint density at radius 3 is 1.56 bits per heavy atom. The first-order chi connectivity index (χ1) is 7.67. The molecule has 0 heterocycles. The number of rotatable bonds is 8. The summed E-state index contributed by atoms with van der Waals surface area (Å²) in [5.41, 5.74) is 0. The lowest BCUT2D eigenvalue weighted by Crippen LogP contribution is -2.09. The summed E-state index contributed by atoms with van der Waals surface area (Å²) in [5, 5.41) is 0. The van der Waals surface area contributed by atoms with E-state index in [0.29, 0.717) is 0 Å². The molecule has 0 spiro atoms. The smallest absolute Gasteiger partial charge is 0.0391 e. The third kappa shape index (κ3) is 12.1. The van der Waals surface area contributed by atoms with E-state index >= 15 is 0 Å². The van der Waals surface area contributed by atoms with E-state index in [-0.39, 0.29) is 0 Å². The van der Waals surface area contributed by atoms with Crippen molar-refractivity contribution in [1.29, 1.82) is 0 Å². The summed E-state index contributed by atoms with van der Waals surface area (Å²) in [6, 6.07) is 0. The SMILES string of the molecule is CCCC.CCCCCC(CC)C(C)CC. The van der Waals surface area contributed by atoms with Gasteiger partial charge in [-0.1, -0.05) is 92.9 Å². The van der Waals surface area contributed by atoms with Crippen molar-refractivity contribution in [3.63, 3.8) is 0 Å². The predicted molar refractivity (Wildman–Crippen MR) is 78.0 cm³/mol. The van der Waals surface area contributed by atoms with E-state index in [0.717, 1.165) is 11.8 Å². The van der Waals surface area contributed by atoms with Gasteiger partial charge in [0.05, 0.1) is 0 Å². The molecule has 0 saturated carbocycles. The van der Waals surface area contributed by atoms with Crippen LogP contribution in [0.3, 0.4) is 0 Å². The van der Waals surface area contributed by atoms with Crippen molar-refractivity contribution in [3.8, 4) is 0 Å². The minimum Gasteiger partial charge on any atom is -0.0654 e. The fourth-order valence-corrected chi connectivity index (χ4v) is 1.88. The second-order valence-electron chi connectivity index (χ2n) is 5.05. The zero-order chi connectivity index (χ0) is 12.8. The Labute approximate surface area is 105 Å². The number of unbranched alkanes of at least 4 members (excludes halogenated alkanes) is 3. The summed E-state index contributed by atoms with van der Waals surface area (Å²) in [4.78, 5) is 0. The fourth-order valence-electron chi connectivity index (χ4n) is 1.88. The topological polar surface area (TPSA) is 0 Å². The van der Waals surface area contributed by atoms with Crippen LogP contribution in [0.4, 0.5) is 0 Å². The van der Waals surface area contributed by atoms with Crippen LogP contribution in [0.25, 0.3) is 0 Å². The molecule has 0 aliphatic heterocycles. The second kappa shape index (κ2) is 15.0. The summed E-state index contributed by atoms with van der Waals surface area (Å²) in [5.74, 6) is 1.92. The van der Waals surface area contributed by atoms with Crippen LogP contribution in [0.15, 0.2) is 0 Å². The maximum absolute atomic E-state index is 2.40. The van der Waals surface area contributed by atoms with E-state index in [1.165, 1.54) is 51.4 Å². The Balaban J connectivity index is 0. The van der Waals surface area contributed by atoms with Crippen molar-refractivity contribution in [2.45, 2.75) is 92.9 Å². The Morgan fingerprint density at radius 1 is 0.688 bits per heavy atom. The van der Waals surface area contributed by atoms with E-state index in [4.69, 9.17) is 0 Å². The van der Waals surface area contributed by atoms with Gasteiger partial charge in [0.2, 0.25) is 0 Å². The van der Waals surface area contributed by atoms with Crippen LogP contribution in [-0.2, 0) is 0 Å². The normalized spacial score (nSPS) is 13.9. The molecule has 0 fully saturated rings. The van der Waals surface area contributed by atoms with Crippen LogP contribution in [-0.4, -0.2) is 0 Å². The van der Waals surface area contributed by atoms with Crippen LogP contribution in [0, 0.1) is 11.8 Å². The molecular formula is C16H36. The molecule has 0 nitrogen and oxygen atoms in total. The van der Waals surface area contributed by atoms with Gasteiger partial charge in [-0.15, -0.1) is 0 Å². The van der Waals surface area contributed by atoms with Gasteiger partial charge < -0.3 is 0 Å². The van der Waals surface area contributed by atoms with Gasteiger partial charge >= 0.3 is 0 Å². The van der Waals surface area contributed by atoms with Gasteiger partial charge in [-0.2, -0.15) is 0 Å². The molecule has 2 unspecified atom stereocenters. The summed E-state index contributed by atoms with van der Waals surface area (Å²) >= 11 is 0. The van der Waals surface area contributed by atoms with E-state index < -0.39 is 0 Å². The van der Waals surface area contributed by atoms with Crippen molar-refractivity contribution >= 4 is 0 Å². The molecule has 0 bridgehead atoms. The van der Waals surface area contributed by atoms with E-state index in [9.17, 15) is 0 Å². The highest BCUT2D eigenvalue weighted by atomic mass is 14.2. The summed E-state index contributed by atoms with van der Waals surface area (Å²) in [6.45, 7) is 13.7. The van der Waals surface area contributed by atoms with E-state index in [2.05, 4.69) is 41.5 Å². The Hall–Kier alpha value is 0. The lowest BCUT2D eigenvalue weighted by Gasteiger charge is -2.21. The maximum atomic E-state index is 2.40. The third-order valence-electron chi connectivity index (χ3n) is 3.65. The minimum atomic E-state index is 0.937. The molecule has 0 aromatic rings. The van der Waals surface area contributed by atoms with Gasteiger partial charge in [-0.3, -0.25) is 0 Å². The standard InChI is InChI=1S/C12H26.C4H10/c1-5-8-9-10-12(7-3)11(4)6-2;1-3-4-2/h11-12H,5-10H2,1-4H3;3-4H2,1-2H3. The molecular weight excluding hydrogens is 192 g/mol. The van der Waals surface area contributed by atoms with Crippen molar-refractivity contribution in [3.05, 3.63) is 0 Å². The average Bonchev–Trinajstić information content (AvgIpc) is 2.34. The molecule has 0 heteroatoms. The van der Waals surface area contributed by atoms with Crippen molar-refractivity contribution in [1.82, 2.24) is 0 Å². The lowest BCUT2D eigenvalue weighted by atomic mass is 9.85. The van der Waals surface area contributed by atoms with Crippen molar-refractivity contribution in [2.24, 2.45) is 11.8 Å². The van der Waals surface area contributed by atoms with Crippen LogP contribution in [0.1, 0.15) is 92.9 Å². The quantitative estimate of drug-likeness (QED) is 0.419. The van der Waals surface area contributed by atoms with E-state index in [1.54, 1.807) is 0 Å². The second-order valence-corrected chi connectivity index (χ2v) is 5.05. The molecule has 0 saturated heterocycles. The molecule has 0 rings (SSSR count). The average molecular weight is 228 g/mol. The molecule has 16 heavy (non-hydrogen) atoms. The van der Waals surface area contributed by atoms with Crippen LogP contribution < -0.4 is 0 Å². The van der Waals surface area contributed by atoms with E-state index in [1.807, 2.05) is 0 Å². The first kappa shape index (κ1) is 18.4. The molecule has 100 valence electrons. The number of hydrogen-bond donors (Lipinski definition) is 0. The highest BCUT2D eigenvalue weighted by Gasteiger charge is 2.12. The fraction of sp³-hybridized carbons (Fsp3) is 1.00. The van der Waals surface area contributed by atoms with Gasteiger partial charge in [0.15, 0.2) is 0 Å². The third-order valence-corrected chi connectivity index (χ3v) is 3.65. The van der Waals surface area contributed by atoms with Gasteiger partial charge in [0, 0.05) is 0 Å². The Bertz CT molecular complexity index is 105. The molecule has 0 aliphatic rings. The lowest BCUT2D eigenvalue weighted by molar-refractivity contribution is 0.308. The molecule has 0 amide bonds. The van der Waals surface area contributed by atoms with Gasteiger partial charge in [-0.05, 0) is 11.8 Å². The van der Waals surface area contributed by atoms with Crippen LogP contribution in [0.5, 0.6) is 0 Å². The first-order valence-electron chi connectivity index (χ1n) is 7.67. The predicted octanol–water partition coefficient (Wildman–Crippen LogP) is 6.45. The molecule has 2 atom stereocenters. The zero-order valence-corrected chi connectivity index (χ0v) is 12.8. The molecule has 0 aromatic heterocycles. The Kier molecular flexibility index (Phi) is 17.2. The number of hydrogen-bond acceptors (Lipinski definition) is 0. The van der Waals surface area contributed by atoms with Crippen LogP contribution in [0.2, 0.25) is 0 Å². The van der Waals surface area contributed by atoms with Crippen LogP contribution >= 0.6 is 0 Å². The summed E-state index contributed by atoms with van der Waals surface area (Å²) in [6.07, 6.45) is 11.0. The maximum Gasteiger partial charge on any atom is -0.0391 e. The molecule has 0 aromatic carbocycles. The zero-order valence-electron chi connectivity index (χ0n) is 12.8. The van der Waals surface area contributed by atoms with Gasteiger partial charge in [0.25, 0.3) is 0 Å². The van der Waals surface area contributed by atoms with Crippen molar-refractivity contribution < 1.29 is 0 Å².